The van der Waals surface area contributed by atoms with Gasteiger partial charge in [0, 0.05) is 18.9 Å². The minimum absolute atomic E-state index is 0.0273. The fraction of sp³-hybridized carbons (Fsp3) is 0.150. The van der Waals surface area contributed by atoms with Crippen molar-refractivity contribution in [2.75, 3.05) is 17.1 Å². The molecule has 0 saturated carbocycles. The van der Waals surface area contributed by atoms with E-state index in [1.807, 2.05) is 37.3 Å². The Labute approximate surface area is 164 Å². The Kier molecular flexibility index (Phi) is 5.41. The third-order valence-corrected chi connectivity index (χ3v) is 5.52. The molecule has 8 heteroatoms. The summed E-state index contributed by atoms with van der Waals surface area (Å²) in [6.07, 6.45) is 1.37. The molecule has 0 amide bonds. The molecular formula is C20H21N3O4S. The Hall–Kier alpha value is -3.26. The van der Waals surface area contributed by atoms with E-state index in [4.69, 9.17) is 0 Å². The topological polar surface area (TPSA) is 89.4 Å². The first-order valence-electron chi connectivity index (χ1n) is 8.50. The van der Waals surface area contributed by atoms with Crippen LogP contribution in [0.4, 0.5) is 17.1 Å². The van der Waals surface area contributed by atoms with E-state index in [-0.39, 0.29) is 10.6 Å². The highest BCUT2D eigenvalue weighted by molar-refractivity contribution is 7.92. The summed E-state index contributed by atoms with van der Waals surface area (Å²) < 4.78 is 34.3. The Balaban J connectivity index is 1.89. The summed E-state index contributed by atoms with van der Waals surface area (Å²) in [7, 11) is -1.07. The molecule has 7 nitrogen and oxygen atoms in total. The van der Waals surface area contributed by atoms with Crippen molar-refractivity contribution in [2.24, 2.45) is 7.05 Å². The molecule has 1 aromatic heterocycles. The molecule has 3 rings (SSSR count). The number of aromatic nitrogens is 1. The zero-order valence-corrected chi connectivity index (χ0v) is 16.6. The van der Waals surface area contributed by atoms with Gasteiger partial charge in [-0.3, -0.25) is 4.72 Å². The van der Waals surface area contributed by atoms with E-state index in [1.165, 1.54) is 23.9 Å². The monoisotopic (exact) mass is 399 g/mol. The smallest absolute Gasteiger partial charge is 0.354 e. The highest BCUT2D eigenvalue weighted by Crippen LogP contribution is 2.28. The summed E-state index contributed by atoms with van der Waals surface area (Å²) in [6, 6.07) is 16.0. The predicted molar refractivity (Wildman–Crippen MR) is 108 cm³/mol. The number of aryl methyl sites for hydroxylation is 2. The molecule has 0 atom stereocenters. The molecule has 0 spiro atoms. The first-order valence-corrected chi connectivity index (χ1v) is 9.99. The normalized spacial score (nSPS) is 11.1. The molecule has 2 aromatic carbocycles. The molecule has 0 saturated heterocycles. The number of carbonyl (C=O) groups excluding carboxylic acids is 1. The molecular weight excluding hydrogens is 378 g/mol. The van der Waals surface area contributed by atoms with Gasteiger partial charge in [0.2, 0.25) is 0 Å². The SMILES string of the molecule is COC(=O)c1cc(S(=O)(=O)Nc2ccccc2Nc2ccc(C)cc2)cn1C. The maximum absolute atomic E-state index is 12.8. The number of hydrogen-bond acceptors (Lipinski definition) is 5. The standard InChI is InChI=1S/C20H21N3O4S/c1-14-8-10-15(11-9-14)21-17-6-4-5-7-18(17)22-28(25,26)16-12-19(20(24)27-3)23(2)13-16/h4-13,21-22H,1-3H3. The Morgan fingerprint density at radius 1 is 1.04 bits per heavy atom. The zero-order chi connectivity index (χ0) is 20.3. The summed E-state index contributed by atoms with van der Waals surface area (Å²) >= 11 is 0. The molecule has 3 aromatic rings. The Morgan fingerprint density at radius 3 is 2.32 bits per heavy atom. The van der Waals surface area contributed by atoms with Crippen LogP contribution in [0.3, 0.4) is 0 Å². The minimum atomic E-state index is -3.90. The van der Waals surface area contributed by atoms with Crippen LogP contribution in [-0.2, 0) is 21.8 Å². The lowest BCUT2D eigenvalue weighted by molar-refractivity contribution is 0.0590. The van der Waals surface area contributed by atoms with Crippen molar-refractivity contribution in [1.82, 2.24) is 4.57 Å². The molecule has 0 aliphatic heterocycles. The number of hydrogen-bond donors (Lipinski definition) is 2. The van der Waals surface area contributed by atoms with Crippen molar-refractivity contribution >= 4 is 33.1 Å². The second-order valence-electron chi connectivity index (χ2n) is 6.31. The van der Waals surface area contributed by atoms with E-state index in [1.54, 1.807) is 25.2 Å². The second kappa shape index (κ2) is 7.77. The number of benzene rings is 2. The third-order valence-electron chi connectivity index (χ3n) is 4.19. The van der Waals surface area contributed by atoms with Gasteiger partial charge in [-0.05, 0) is 37.3 Å². The van der Waals surface area contributed by atoms with Crippen molar-refractivity contribution in [3.63, 3.8) is 0 Å². The van der Waals surface area contributed by atoms with Gasteiger partial charge < -0.3 is 14.6 Å². The fourth-order valence-electron chi connectivity index (χ4n) is 2.67. The number of methoxy groups -OCH3 is 1. The molecule has 0 aliphatic carbocycles. The number of esters is 1. The van der Waals surface area contributed by atoms with Crippen LogP contribution >= 0.6 is 0 Å². The van der Waals surface area contributed by atoms with Gasteiger partial charge >= 0.3 is 5.97 Å². The lowest BCUT2D eigenvalue weighted by Crippen LogP contribution is -2.13. The molecule has 0 bridgehead atoms. The summed E-state index contributed by atoms with van der Waals surface area (Å²) in [5, 5.41) is 3.21. The number of ether oxygens (including phenoxy) is 1. The number of para-hydroxylation sites is 2. The summed E-state index contributed by atoms with van der Waals surface area (Å²) in [6.45, 7) is 1.99. The summed E-state index contributed by atoms with van der Waals surface area (Å²) in [4.78, 5) is 11.7. The highest BCUT2D eigenvalue weighted by atomic mass is 32.2. The number of sulfonamides is 1. The van der Waals surface area contributed by atoms with E-state index >= 15 is 0 Å². The van der Waals surface area contributed by atoms with Crippen LogP contribution in [-0.4, -0.2) is 26.1 Å². The maximum Gasteiger partial charge on any atom is 0.354 e. The van der Waals surface area contributed by atoms with Crippen LogP contribution in [0, 0.1) is 6.92 Å². The Morgan fingerprint density at radius 2 is 1.68 bits per heavy atom. The Bertz CT molecular complexity index is 1100. The highest BCUT2D eigenvalue weighted by Gasteiger charge is 2.22. The van der Waals surface area contributed by atoms with Crippen LogP contribution in [0.2, 0.25) is 0 Å². The summed E-state index contributed by atoms with van der Waals surface area (Å²) in [5.74, 6) is -0.606. The third kappa shape index (κ3) is 4.17. The second-order valence-corrected chi connectivity index (χ2v) is 7.99. The quantitative estimate of drug-likeness (QED) is 0.618. The van der Waals surface area contributed by atoms with Gasteiger partial charge in [0.1, 0.15) is 10.6 Å². The number of nitrogens with one attached hydrogen (secondary N) is 2. The lowest BCUT2D eigenvalue weighted by Gasteiger charge is -2.14. The average molecular weight is 399 g/mol. The summed E-state index contributed by atoms with van der Waals surface area (Å²) in [5.41, 5.74) is 3.12. The molecule has 146 valence electrons. The number of rotatable bonds is 6. The molecule has 0 fully saturated rings. The fourth-order valence-corrected chi connectivity index (χ4v) is 3.81. The van der Waals surface area contributed by atoms with Crippen molar-refractivity contribution in [3.8, 4) is 0 Å². The first-order chi connectivity index (χ1) is 13.3. The van der Waals surface area contributed by atoms with Crippen molar-refractivity contribution in [1.29, 1.82) is 0 Å². The van der Waals surface area contributed by atoms with E-state index < -0.39 is 16.0 Å². The largest absolute Gasteiger partial charge is 0.464 e. The molecule has 2 N–H and O–H groups in total. The van der Waals surface area contributed by atoms with Gasteiger partial charge in [0.15, 0.2) is 0 Å². The predicted octanol–water partition coefficient (Wildman–Crippen LogP) is 3.66. The van der Waals surface area contributed by atoms with Crippen LogP contribution in [0.15, 0.2) is 65.7 Å². The molecule has 1 heterocycles. The lowest BCUT2D eigenvalue weighted by atomic mass is 10.2. The van der Waals surface area contributed by atoms with Gasteiger partial charge in [0.25, 0.3) is 10.0 Å². The number of carbonyl (C=O) groups is 1. The van der Waals surface area contributed by atoms with Crippen molar-refractivity contribution in [3.05, 3.63) is 72.1 Å². The molecule has 0 unspecified atom stereocenters. The molecule has 28 heavy (non-hydrogen) atoms. The van der Waals surface area contributed by atoms with Crippen LogP contribution in [0.5, 0.6) is 0 Å². The van der Waals surface area contributed by atoms with E-state index in [0.29, 0.717) is 11.4 Å². The minimum Gasteiger partial charge on any atom is -0.464 e. The van der Waals surface area contributed by atoms with E-state index in [0.717, 1.165) is 11.3 Å². The maximum atomic E-state index is 12.8. The van der Waals surface area contributed by atoms with Gasteiger partial charge in [-0.25, -0.2) is 13.2 Å². The molecule has 0 aliphatic rings. The van der Waals surface area contributed by atoms with Gasteiger partial charge in [0.05, 0.1) is 18.5 Å². The van der Waals surface area contributed by atoms with Crippen LogP contribution < -0.4 is 10.0 Å². The van der Waals surface area contributed by atoms with Gasteiger partial charge in [-0.15, -0.1) is 0 Å². The average Bonchev–Trinajstić information content (AvgIpc) is 3.07. The van der Waals surface area contributed by atoms with Gasteiger partial charge in [-0.2, -0.15) is 0 Å². The van der Waals surface area contributed by atoms with Crippen LogP contribution in [0.1, 0.15) is 16.1 Å². The van der Waals surface area contributed by atoms with E-state index in [9.17, 15) is 13.2 Å². The van der Waals surface area contributed by atoms with Gasteiger partial charge in [-0.1, -0.05) is 29.8 Å². The van der Waals surface area contributed by atoms with Crippen LogP contribution in [0.25, 0.3) is 0 Å². The van der Waals surface area contributed by atoms with E-state index in [2.05, 4.69) is 14.8 Å². The number of nitrogens with zero attached hydrogens (tertiary/aromatic N) is 1. The molecule has 0 radical (unpaired) electrons. The van der Waals surface area contributed by atoms with Crippen molar-refractivity contribution < 1.29 is 17.9 Å². The number of anilines is 3. The zero-order valence-electron chi connectivity index (χ0n) is 15.8. The van der Waals surface area contributed by atoms with Crippen molar-refractivity contribution in [2.45, 2.75) is 11.8 Å². The first kappa shape index (κ1) is 19.5.